The highest BCUT2D eigenvalue weighted by atomic mass is 16.6. The number of hydrogen-bond acceptors (Lipinski definition) is 4. The number of amides is 1. The molecule has 0 radical (unpaired) electrons. The number of pyridine rings is 1. The Bertz CT molecular complexity index is 499. The molecule has 5 nitrogen and oxygen atoms in total. The summed E-state index contributed by atoms with van der Waals surface area (Å²) in [6, 6.07) is 6.61. The summed E-state index contributed by atoms with van der Waals surface area (Å²) in [6.07, 6.45) is 4.62. The monoisotopic (exact) mass is 319 g/mol. The van der Waals surface area contributed by atoms with Gasteiger partial charge in [-0.3, -0.25) is 4.98 Å². The van der Waals surface area contributed by atoms with Crippen LogP contribution in [0.1, 0.15) is 58.7 Å². The third kappa shape index (κ3) is 5.82. The van der Waals surface area contributed by atoms with Gasteiger partial charge in [0.25, 0.3) is 0 Å². The number of nitrogens with zero attached hydrogens (tertiary/aromatic N) is 2. The minimum absolute atomic E-state index is 0.198. The van der Waals surface area contributed by atoms with E-state index < -0.39 is 5.60 Å². The molecule has 0 saturated carbocycles. The molecule has 2 atom stereocenters. The van der Waals surface area contributed by atoms with Crippen molar-refractivity contribution in [2.24, 2.45) is 0 Å². The van der Waals surface area contributed by atoms with Crippen molar-refractivity contribution in [1.29, 1.82) is 0 Å². The third-order valence-corrected chi connectivity index (χ3v) is 4.00. The van der Waals surface area contributed by atoms with Crippen LogP contribution in [-0.4, -0.2) is 40.7 Å². The van der Waals surface area contributed by atoms with Crippen molar-refractivity contribution < 1.29 is 9.53 Å². The smallest absolute Gasteiger partial charge is 0.410 e. The van der Waals surface area contributed by atoms with E-state index in [9.17, 15) is 4.79 Å². The van der Waals surface area contributed by atoms with E-state index in [1.807, 2.05) is 50.1 Å². The maximum atomic E-state index is 12.2. The maximum Gasteiger partial charge on any atom is 0.410 e. The average Bonchev–Trinajstić information content (AvgIpc) is 2.72. The summed E-state index contributed by atoms with van der Waals surface area (Å²) in [5.41, 5.74) is 0.620. The largest absolute Gasteiger partial charge is 0.444 e. The van der Waals surface area contributed by atoms with E-state index in [1.54, 1.807) is 0 Å². The summed E-state index contributed by atoms with van der Waals surface area (Å²) in [7, 11) is 0. The topological polar surface area (TPSA) is 54.5 Å². The highest BCUT2D eigenvalue weighted by molar-refractivity contribution is 5.68. The number of carbonyl (C=O) groups excluding carboxylic acids is 1. The predicted molar refractivity (Wildman–Crippen MR) is 91.2 cm³/mol. The van der Waals surface area contributed by atoms with Gasteiger partial charge in [-0.25, -0.2) is 4.79 Å². The van der Waals surface area contributed by atoms with Gasteiger partial charge in [-0.15, -0.1) is 0 Å². The molecule has 1 aliphatic rings. The summed E-state index contributed by atoms with van der Waals surface area (Å²) >= 11 is 0. The predicted octanol–water partition coefficient (Wildman–Crippen LogP) is 3.52. The van der Waals surface area contributed by atoms with Crippen LogP contribution in [0.15, 0.2) is 24.4 Å². The van der Waals surface area contributed by atoms with E-state index in [-0.39, 0.29) is 12.1 Å². The Hall–Kier alpha value is -1.62. The summed E-state index contributed by atoms with van der Waals surface area (Å²) in [5.74, 6) is 0. The van der Waals surface area contributed by atoms with Crippen LogP contribution in [0.2, 0.25) is 0 Å². The second kappa shape index (κ2) is 7.77. The highest BCUT2D eigenvalue weighted by Gasteiger charge is 2.25. The summed E-state index contributed by atoms with van der Waals surface area (Å²) in [6.45, 7) is 9.36. The van der Waals surface area contributed by atoms with Crippen molar-refractivity contribution in [3.05, 3.63) is 30.1 Å². The van der Waals surface area contributed by atoms with Crippen molar-refractivity contribution in [2.45, 2.75) is 64.6 Å². The Morgan fingerprint density at radius 2 is 2.13 bits per heavy atom. The van der Waals surface area contributed by atoms with Gasteiger partial charge in [0.15, 0.2) is 0 Å². The first-order valence-electron chi connectivity index (χ1n) is 8.50. The Morgan fingerprint density at radius 1 is 1.35 bits per heavy atom. The Kier molecular flexibility index (Phi) is 5.99. The molecule has 0 spiro atoms. The minimum Gasteiger partial charge on any atom is -0.444 e. The second-order valence-electron chi connectivity index (χ2n) is 7.24. The van der Waals surface area contributed by atoms with Gasteiger partial charge in [0, 0.05) is 31.4 Å². The van der Waals surface area contributed by atoms with Gasteiger partial charge in [-0.2, -0.15) is 0 Å². The molecule has 1 amide bonds. The van der Waals surface area contributed by atoms with Crippen LogP contribution in [0.5, 0.6) is 0 Å². The standard InChI is InChI=1S/C18H29N3O2/c1-14(16-9-5-6-11-19-16)20-15-8-7-12-21(13-10-15)17(22)23-18(2,3)4/h5-6,9,11,14-15,20H,7-8,10,12-13H2,1-4H3. The number of nitrogens with one attached hydrogen (secondary N) is 1. The molecule has 23 heavy (non-hydrogen) atoms. The summed E-state index contributed by atoms with van der Waals surface area (Å²) in [5, 5.41) is 3.64. The van der Waals surface area contributed by atoms with Crippen LogP contribution in [0.25, 0.3) is 0 Å². The molecule has 5 heteroatoms. The SMILES string of the molecule is CC(NC1CCCN(C(=O)OC(C)(C)C)CC1)c1ccccn1. The van der Waals surface area contributed by atoms with Crippen LogP contribution in [0.3, 0.4) is 0 Å². The fourth-order valence-electron chi connectivity index (χ4n) is 2.84. The van der Waals surface area contributed by atoms with Crippen molar-refractivity contribution in [3.8, 4) is 0 Å². The lowest BCUT2D eigenvalue weighted by atomic mass is 10.1. The molecule has 0 aromatic carbocycles. The molecular formula is C18H29N3O2. The lowest BCUT2D eigenvalue weighted by molar-refractivity contribution is 0.0256. The zero-order valence-corrected chi connectivity index (χ0v) is 14.7. The van der Waals surface area contributed by atoms with Crippen LogP contribution in [0, 0.1) is 0 Å². The number of aromatic nitrogens is 1. The molecule has 0 aliphatic carbocycles. The first-order chi connectivity index (χ1) is 10.8. The molecule has 1 aliphatic heterocycles. The molecule has 2 heterocycles. The number of carbonyl (C=O) groups is 1. The van der Waals surface area contributed by atoms with Gasteiger partial charge < -0.3 is 15.0 Å². The molecule has 128 valence electrons. The highest BCUT2D eigenvalue weighted by Crippen LogP contribution is 2.18. The van der Waals surface area contributed by atoms with Crippen LogP contribution < -0.4 is 5.32 Å². The van der Waals surface area contributed by atoms with E-state index in [2.05, 4.69) is 17.2 Å². The fraction of sp³-hybridized carbons (Fsp3) is 0.667. The molecule has 1 N–H and O–H groups in total. The third-order valence-electron chi connectivity index (χ3n) is 4.00. The molecule has 1 fully saturated rings. The number of likely N-dealkylation sites (tertiary alicyclic amines) is 1. The van der Waals surface area contributed by atoms with Crippen LogP contribution >= 0.6 is 0 Å². The first-order valence-corrected chi connectivity index (χ1v) is 8.50. The van der Waals surface area contributed by atoms with Gasteiger partial charge in [0.1, 0.15) is 5.60 Å². The summed E-state index contributed by atoms with van der Waals surface area (Å²) in [4.78, 5) is 18.4. The maximum absolute atomic E-state index is 12.2. The van der Waals surface area contributed by atoms with Crippen molar-refractivity contribution >= 4 is 6.09 Å². The Labute approximate surface area is 139 Å². The first kappa shape index (κ1) is 17.7. The quantitative estimate of drug-likeness (QED) is 0.926. The van der Waals surface area contributed by atoms with Crippen molar-refractivity contribution in [2.75, 3.05) is 13.1 Å². The van der Waals surface area contributed by atoms with Crippen LogP contribution in [0.4, 0.5) is 4.79 Å². The summed E-state index contributed by atoms with van der Waals surface area (Å²) < 4.78 is 5.47. The molecule has 1 aromatic rings. The van der Waals surface area contributed by atoms with E-state index in [1.165, 1.54) is 0 Å². The van der Waals surface area contributed by atoms with Gasteiger partial charge in [0.2, 0.25) is 0 Å². The van der Waals surface area contributed by atoms with Gasteiger partial charge in [-0.1, -0.05) is 6.07 Å². The van der Waals surface area contributed by atoms with Crippen molar-refractivity contribution in [3.63, 3.8) is 0 Å². The molecule has 2 unspecified atom stereocenters. The van der Waals surface area contributed by atoms with Gasteiger partial charge >= 0.3 is 6.09 Å². The number of ether oxygens (including phenoxy) is 1. The average molecular weight is 319 g/mol. The lowest BCUT2D eigenvalue weighted by Gasteiger charge is -2.26. The van der Waals surface area contributed by atoms with E-state index in [4.69, 9.17) is 4.74 Å². The molecule has 1 saturated heterocycles. The zero-order valence-electron chi connectivity index (χ0n) is 14.7. The minimum atomic E-state index is -0.436. The van der Waals surface area contributed by atoms with Crippen molar-refractivity contribution in [1.82, 2.24) is 15.2 Å². The van der Waals surface area contributed by atoms with Crippen LogP contribution in [-0.2, 0) is 4.74 Å². The number of hydrogen-bond donors (Lipinski definition) is 1. The van der Waals surface area contributed by atoms with Gasteiger partial charge in [0.05, 0.1) is 5.69 Å². The normalized spacial score (nSPS) is 20.7. The fourth-order valence-corrected chi connectivity index (χ4v) is 2.84. The Morgan fingerprint density at radius 3 is 2.78 bits per heavy atom. The molecule has 2 rings (SSSR count). The molecule has 0 bridgehead atoms. The Balaban J connectivity index is 1.85. The molecule has 1 aromatic heterocycles. The number of rotatable bonds is 3. The zero-order chi connectivity index (χ0) is 16.9. The van der Waals surface area contributed by atoms with E-state index >= 15 is 0 Å². The van der Waals surface area contributed by atoms with E-state index in [0.717, 1.165) is 38.0 Å². The lowest BCUT2D eigenvalue weighted by Crippen LogP contribution is -2.38. The van der Waals surface area contributed by atoms with E-state index in [0.29, 0.717) is 6.04 Å². The molecular weight excluding hydrogens is 290 g/mol. The van der Waals surface area contributed by atoms with Gasteiger partial charge in [-0.05, 0) is 59.1 Å². The second-order valence-corrected chi connectivity index (χ2v) is 7.24.